The third-order valence-corrected chi connectivity index (χ3v) is 6.51. The molecule has 7 nitrogen and oxygen atoms in total. The summed E-state index contributed by atoms with van der Waals surface area (Å²) in [5, 5.41) is 6.30. The lowest BCUT2D eigenvalue weighted by Crippen LogP contribution is -2.47. The number of aryl methyl sites for hydroxylation is 2. The monoisotopic (exact) mass is 374 g/mol. The predicted octanol–water partition coefficient (Wildman–Crippen LogP) is 1.96. The Balaban J connectivity index is 1.68. The zero-order valence-corrected chi connectivity index (χ0v) is 16.0. The summed E-state index contributed by atoms with van der Waals surface area (Å²) in [6.07, 6.45) is 2.86. The number of hydrogen-bond donors (Lipinski definition) is 0. The zero-order valence-electron chi connectivity index (χ0n) is 15.1. The first-order chi connectivity index (χ1) is 12.5. The van der Waals surface area contributed by atoms with Crippen molar-refractivity contribution in [3.8, 4) is 0 Å². The number of ether oxygens (including phenoxy) is 1. The first kappa shape index (κ1) is 17.2. The van der Waals surface area contributed by atoms with Gasteiger partial charge in [0.1, 0.15) is 0 Å². The molecule has 0 spiro atoms. The molecule has 2 aliphatic rings. The van der Waals surface area contributed by atoms with Crippen LogP contribution in [0, 0.1) is 12.3 Å². The molecule has 4 heterocycles. The Bertz CT molecular complexity index is 827. The van der Waals surface area contributed by atoms with E-state index in [2.05, 4.69) is 10.1 Å². The van der Waals surface area contributed by atoms with Crippen LogP contribution < -0.4 is 0 Å². The van der Waals surface area contributed by atoms with E-state index in [1.165, 1.54) is 18.4 Å². The van der Waals surface area contributed by atoms with E-state index in [0.29, 0.717) is 18.5 Å². The van der Waals surface area contributed by atoms with Crippen LogP contribution in [0.25, 0.3) is 0 Å². The summed E-state index contributed by atoms with van der Waals surface area (Å²) < 4.78 is 6.88. The Morgan fingerprint density at radius 3 is 2.85 bits per heavy atom. The van der Waals surface area contributed by atoms with Crippen molar-refractivity contribution in [3.63, 3.8) is 0 Å². The molecule has 2 aromatic rings. The maximum absolute atomic E-state index is 13.2. The Morgan fingerprint density at radius 1 is 1.42 bits per heavy atom. The molecule has 1 amide bonds. The fraction of sp³-hybridized carbons (Fsp3) is 0.556. The van der Waals surface area contributed by atoms with Gasteiger partial charge in [-0.25, -0.2) is 4.98 Å². The first-order valence-corrected chi connectivity index (χ1v) is 9.69. The minimum absolute atomic E-state index is 0.0487. The normalized spacial score (nSPS) is 27.1. The van der Waals surface area contributed by atoms with Gasteiger partial charge in [-0.15, -0.1) is 11.3 Å². The topological polar surface area (TPSA) is 77.3 Å². The fourth-order valence-electron chi connectivity index (χ4n) is 4.62. The number of esters is 1. The SMILES string of the molecule is COC(=O)[C@@]1(Cc2cscn2)C[C@H]2CC[C@@H]1N2C(=O)c1cc(C)n(C)n1. The number of fused-ring (bicyclic) bond motifs is 2. The average Bonchev–Trinajstić information content (AvgIpc) is 3.39. The number of aromatic nitrogens is 3. The number of methoxy groups -OCH3 is 1. The van der Waals surface area contributed by atoms with Gasteiger partial charge in [0, 0.05) is 36.6 Å². The maximum atomic E-state index is 13.2. The van der Waals surface area contributed by atoms with E-state index in [0.717, 1.165) is 24.2 Å². The van der Waals surface area contributed by atoms with E-state index < -0.39 is 5.41 Å². The number of nitrogens with zero attached hydrogens (tertiary/aromatic N) is 4. The minimum atomic E-state index is -0.717. The third kappa shape index (κ3) is 2.46. The fourth-order valence-corrected chi connectivity index (χ4v) is 5.18. The minimum Gasteiger partial charge on any atom is -0.469 e. The lowest BCUT2D eigenvalue weighted by molar-refractivity contribution is -0.154. The number of thiazole rings is 1. The van der Waals surface area contributed by atoms with Crippen LogP contribution in [-0.4, -0.2) is 50.7 Å². The molecule has 0 aliphatic carbocycles. The highest BCUT2D eigenvalue weighted by Crippen LogP contribution is 2.52. The molecular formula is C18H22N4O3S. The number of amides is 1. The molecular weight excluding hydrogens is 352 g/mol. The summed E-state index contributed by atoms with van der Waals surface area (Å²) in [4.78, 5) is 32.2. The van der Waals surface area contributed by atoms with Crippen LogP contribution in [0.1, 0.15) is 41.1 Å². The Morgan fingerprint density at radius 2 is 2.23 bits per heavy atom. The highest BCUT2D eigenvalue weighted by molar-refractivity contribution is 7.07. The second-order valence-electron chi connectivity index (χ2n) is 7.26. The molecule has 2 fully saturated rings. The van der Waals surface area contributed by atoms with Crippen molar-refractivity contribution < 1.29 is 14.3 Å². The van der Waals surface area contributed by atoms with Gasteiger partial charge in [0.25, 0.3) is 5.91 Å². The van der Waals surface area contributed by atoms with Crippen LogP contribution in [0.3, 0.4) is 0 Å². The van der Waals surface area contributed by atoms with Crippen molar-refractivity contribution in [3.05, 3.63) is 34.0 Å². The second-order valence-corrected chi connectivity index (χ2v) is 7.98. The molecule has 0 radical (unpaired) electrons. The van der Waals surface area contributed by atoms with E-state index in [1.54, 1.807) is 16.3 Å². The van der Waals surface area contributed by atoms with Gasteiger partial charge in [-0.05, 0) is 32.3 Å². The third-order valence-electron chi connectivity index (χ3n) is 5.88. The summed E-state index contributed by atoms with van der Waals surface area (Å²) in [7, 11) is 3.25. The van der Waals surface area contributed by atoms with Crippen LogP contribution in [0.15, 0.2) is 17.0 Å². The standard InChI is InChI=1S/C18H22N4O3S/c1-11-6-14(20-21(11)2)16(23)22-13-4-5-15(22)18(8-13,17(24)25-3)7-12-9-26-10-19-12/h6,9-10,13,15H,4-5,7-8H2,1-3H3/t13-,15+,18+/m1/s1. The van der Waals surface area contributed by atoms with Crippen molar-refractivity contribution in [2.75, 3.05) is 7.11 Å². The van der Waals surface area contributed by atoms with E-state index in [4.69, 9.17) is 4.74 Å². The zero-order chi connectivity index (χ0) is 18.5. The largest absolute Gasteiger partial charge is 0.469 e. The smallest absolute Gasteiger partial charge is 0.314 e. The quantitative estimate of drug-likeness (QED) is 0.765. The molecule has 2 aliphatic heterocycles. The molecule has 0 aromatic carbocycles. The van der Waals surface area contributed by atoms with E-state index >= 15 is 0 Å². The maximum Gasteiger partial charge on any atom is 0.314 e. The molecule has 0 unspecified atom stereocenters. The van der Waals surface area contributed by atoms with Crippen molar-refractivity contribution in [2.45, 2.75) is 44.7 Å². The van der Waals surface area contributed by atoms with Crippen molar-refractivity contribution in [1.29, 1.82) is 0 Å². The average molecular weight is 374 g/mol. The van der Waals surface area contributed by atoms with Gasteiger partial charge in [0.15, 0.2) is 5.69 Å². The summed E-state index contributed by atoms with van der Waals surface area (Å²) in [5.74, 6) is -0.335. The van der Waals surface area contributed by atoms with Crippen molar-refractivity contribution in [2.24, 2.45) is 12.5 Å². The van der Waals surface area contributed by atoms with Gasteiger partial charge in [0.05, 0.1) is 23.7 Å². The highest BCUT2D eigenvalue weighted by atomic mass is 32.1. The first-order valence-electron chi connectivity index (χ1n) is 8.75. The molecule has 3 atom stereocenters. The molecule has 138 valence electrons. The summed E-state index contributed by atoms with van der Waals surface area (Å²) in [5.41, 5.74) is 3.31. The summed E-state index contributed by atoms with van der Waals surface area (Å²) >= 11 is 1.51. The van der Waals surface area contributed by atoms with E-state index in [1.807, 2.05) is 24.3 Å². The number of carbonyl (C=O) groups is 2. The van der Waals surface area contributed by atoms with Crippen LogP contribution in [0.4, 0.5) is 0 Å². The lowest BCUT2D eigenvalue weighted by Gasteiger charge is -2.34. The van der Waals surface area contributed by atoms with Gasteiger partial charge >= 0.3 is 5.97 Å². The molecule has 0 N–H and O–H groups in total. The Hall–Kier alpha value is -2.22. The molecule has 4 rings (SSSR count). The van der Waals surface area contributed by atoms with Crippen LogP contribution in [-0.2, 0) is 23.0 Å². The molecule has 0 saturated carbocycles. The van der Waals surface area contributed by atoms with Crippen LogP contribution >= 0.6 is 11.3 Å². The Labute approximate surface area is 156 Å². The molecule has 2 bridgehead atoms. The van der Waals surface area contributed by atoms with Gasteiger partial charge in [-0.2, -0.15) is 5.10 Å². The van der Waals surface area contributed by atoms with Gasteiger partial charge in [0.2, 0.25) is 0 Å². The number of rotatable bonds is 4. The van der Waals surface area contributed by atoms with E-state index in [9.17, 15) is 9.59 Å². The van der Waals surface area contributed by atoms with Crippen LogP contribution in [0.2, 0.25) is 0 Å². The number of carbonyl (C=O) groups excluding carboxylic acids is 2. The van der Waals surface area contributed by atoms with Gasteiger partial charge < -0.3 is 9.64 Å². The number of hydrogen-bond acceptors (Lipinski definition) is 6. The van der Waals surface area contributed by atoms with Gasteiger partial charge in [-0.3, -0.25) is 14.3 Å². The highest BCUT2D eigenvalue weighted by Gasteiger charge is 2.62. The molecule has 26 heavy (non-hydrogen) atoms. The molecule has 2 aromatic heterocycles. The predicted molar refractivity (Wildman–Crippen MR) is 95.8 cm³/mol. The van der Waals surface area contributed by atoms with Crippen LogP contribution in [0.5, 0.6) is 0 Å². The van der Waals surface area contributed by atoms with E-state index in [-0.39, 0.29) is 24.0 Å². The molecule has 2 saturated heterocycles. The second kappa shape index (κ2) is 6.19. The van der Waals surface area contributed by atoms with Crippen molar-refractivity contribution in [1.82, 2.24) is 19.7 Å². The summed E-state index contributed by atoms with van der Waals surface area (Å²) in [6, 6.07) is 1.68. The Kier molecular flexibility index (Phi) is 4.10. The molecule has 8 heteroatoms. The van der Waals surface area contributed by atoms with Crippen molar-refractivity contribution >= 4 is 23.2 Å². The lowest BCUT2D eigenvalue weighted by atomic mass is 9.71. The van der Waals surface area contributed by atoms with Gasteiger partial charge in [-0.1, -0.05) is 0 Å². The summed E-state index contributed by atoms with van der Waals surface area (Å²) in [6.45, 7) is 1.92.